The molecular weight excluding hydrogens is 539 g/mol. The number of fused-ring (bicyclic) bond motifs is 1. The van der Waals surface area contributed by atoms with E-state index in [2.05, 4.69) is 26.0 Å². The van der Waals surface area contributed by atoms with Gasteiger partial charge in [0, 0.05) is 25.2 Å². The summed E-state index contributed by atoms with van der Waals surface area (Å²) in [5.41, 5.74) is 1.20. The van der Waals surface area contributed by atoms with Gasteiger partial charge in [0.25, 0.3) is 11.8 Å². The highest BCUT2D eigenvalue weighted by Gasteiger charge is 2.61. The number of halogens is 3. The number of carbonyl (C=O) groups excluding carboxylic acids is 2. The Labute approximate surface area is 233 Å². The number of nitriles is 1. The van der Waals surface area contributed by atoms with E-state index < -0.39 is 48.4 Å². The van der Waals surface area contributed by atoms with Crippen molar-refractivity contribution in [2.75, 3.05) is 18.4 Å². The number of anilines is 1. The number of aromatic nitrogens is 3. The van der Waals surface area contributed by atoms with Crippen molar-refractivity contribution < 1.29 is 27.9 Å². The Balaban J connectivity index is 1.31. The third-order valence-electron chi connectivity index (χ3n) is 7.55. The lowest BCUT2D eigenvalue weighted by Crippen LogP contribution is -2.43. The lowest BCUT2D eigenvalue weighted by atomic mass is 9.80. The van der Waals surface area contributed by atoms with Gasteiger partial charge in [-0.1, -0.05) is 0 Å². The minimum absolute atomic E-state index is 0.0632. The Bertz CT molecular complexity index is 1520. The molecule has 216 valence electrons. The summed E-state index contributed by atoms with van der Waals surface area (Å²) in [5, 5.41) is 31.8. The summed E-state index contributed by atoms with van der Waals surface area (Å²) in [7, 11) is 0. The summed E-state index contributed by atoms with van der Waals surface area (Å²) < 4.78 is 42.2. The number of hydrogen-bond donors (Lipinski definition) is 4. The molecule has 13 heteroatoms. The first-order valence-electron chi connectivity index (χ1n) is 13.3. The number of rotatable bonds is 10. The predicted molar refractivity (Wildman–Crippen MR) is 143 cm³/mol. The third-order valence-corrected chi connectivity index (χ3v) is 7.55. The van der Waals surface area contributed by atoms with E-state index in [1.807, 2.05) is 6.07 Å². The minimum atomic E-state index is -2.90. The SMILES string of the molecule is CC(C)(O)[C@H](F)CNC(=O)c1cnc(-c2ccc3cc(C#N)cnn23)cc1N[C@H]1C[C@H](CNC(=O)[C@@H]2CC2(F)F)C1. The standard InChI is InChI=1S/C28H30F3N7O3/c1-27(2,41)24(29)14-35-25(39)19-13-33-22(23-4-3-18-7-16(10-32)12-36-38(18)23)8-21(19)37-17-5-15(6-17)11-34-26(40)20-9-28(20,30)31/h3-4,7-8,12-13,15,17,20,24,41H,5-6,9,11,14H2,1-2H3,(H,33,37)(H,34,40)(H,35,39)/t15-,17-,20-,24+/m0/s1. The van der Waals surface area contributed by atoms with Gasteiger partial charge in [-0.15, -0.1) is 0 Å². The second-order valence-electron chi connectivity index (χ2n) is 11.3. The molecule has 0 radical (unpaired) electrons. The van der Waals surface area contributed by atoms with E-state index in [-0.39, 0.29) is 17.5 Å². The fourth-order valence-corrected chi connectivity index (χ4v) is 4.78. The highest BCUT2D eigenvalue weighted by molar-refractivity contribution is 6.00. The van der Waals surface area contributed by atoms with Gasteiger partial charge in [-0.2, -0.15) is 10.4 Å². The van der Waals surface area contributed by atoms with E-state index >= 15 is 0 Å². The first-order chi connectivity index (χ1) is 19.4. The fraction of sp³-hybridized carbons (Fsp3) is 0.464. The average Bonchev–Trinajstić information content (AvgIpc) is 3.35. The number of nitrogens with zero attached hydrogens (tertiary/aromatic N) is 4. The van der Waals surface area contributed by atoms with Crippen LogP contribution in [0.15, 0.2) is 36.7 Å². The summed E-state index contributed by atoms with van der Waals surface area (Å²) >= 11 is 0. The molecule has 2 fully saturated rings. The minimum Gasteiger partial charge on any atom is -0.387 e. The fourth-order valence-electron chi connectivity index (χ4n) is 4.78. The van der Waals surface area contributed by atoms with Crippen molar-refractivity contribution in [2.24, 2.45) is 11.8 Å². The molecule has 2 saturated carbocycles. The lowest BCUT2D eigenvalue weighted by molar-refractivity contribution is -0.124. The molecule has 2 aliphatic rings. The zero-order chi connectivity index (χ0) is 29.5. The first-order valence-corrected chi connectivity index (χ1v) is 13.3. The molecule has 3 aromatic rings. The van der Waals surface area contributed by atoms with Crippen LogP contribution in [-0.4, -0.2) is 68.3 Å². The maximum absolute atomic E-state index is 14.3. The summed E-state index contributed by atoms with van der Waals surface area (Å²) in [5.74, 6) is -5.26. The first kappa shape index (κ1) is 28.4. The topological polar surface area (TPSA) is 144 Å². The molecular formula is C28H30F3N7O3. The van der Waals surface area contributed by atoms with Crippen LogP contribution in [-0.2, 0) is 4.79 Å². The predicted octanol–water partition coefficient (Wildman–Crippen LogP) is 3.07. The molecule has 3 heterocycles. The van der Waals surface area contributed by atoms with Crippen LogP contribution in [0.3, 0.4) is 0 Å². The van der Waals surface area contributed by atoms with E-state index in [1.54, 1.807) is 28.8 Å². The second kappa shape index (κ2) is 10.7. The molecule has 0 aromatic carbocycles. The number of amides is 2. The van der Waals surface area contributed by atoms with Crippen LogP contribution in [0.1, 0.15) is 49.0 Å². The van der Waals surface area contributed by atoms with E-state index in [1.165, 1.54) is 26.2 Å². The highest BCUT2D eigenvalue weighted by Crippen LogP contribution is 2.48. The van der Waals surface area contributed by atoms with E-state index in [9.17, 15) is 27.9 Å². The summed E-state index contributed by atoms with van der Waals surface area (Å²) in [4.78, 5) is 29.4. The van der Waals surface area contributed by atoms with Crippen LogP contribution in [0.5, 0.6) is 0 Å². The summed E-state index contributed by atoms with van der Waals surface area (Å²) in [6.45, 7) is 2.52. The Hall–Kier alpha value is -4.18. The van der Waals surface area contributed by atoms with Gasteiger partial charge in [0.2, 0.25) is 5.91 Å². The van der Waals surface area contributed by atoms with Gasteiger partial charge in [0.1, 0.15) is 18.2 Å². The smallest absolute Gasteiger partial charge is 0.260 e. The second-order valence-corrected chi connectivity index (χ2v) is 11.3. The van der Waals surface area contributed by atoms with E-state index in [0.717, 1.165) is 0 Å². The van der Waals surface area contributed by atoms with Gasteiger partial charge in [-0.25, -0.2) is 17.7 Å². The van der Waals surface area contributed by atoms with Crippen molar-refractivity contribution in [1.29, 1.82) is 5.26 Å². The van der Waals surface area contributed by atoms with Gasteiger partial charge in [0.15, 0.2) is 0 Å². The molecule has 0 bridgehead atoms. The van der Waals surface area contributed by atoms with Crippen LogP contribution >= 0.6 is 0 Å². The largest absolute Gasteiger partial charge is 0.387 e. The number of alkyl halides is 3. The number of carbonyl (C=O) groups is 2. The molecule has 41 heavy (non-hydrogen) atoms. The molecule has 2 atom stereocenters. The van der Waals surface area contributed by atoms with Crippen LogP contribution < -0.4 is 16.0 Å². The molecule has 0 spiro atoms. The van der Waals surface area contributed by atoms with E-state index in [4.69, 9.17) is 5.26 Å². The Morgan fingerprint density at radius 3 is 2.63 bits per heavy atom. The average molecular weight is 570 g/mol. The zero-order valence-corrected chi connectivity index (χ0v) is 22.5. The monoisotopic (exact) mass is 569 g/mol. The Morgan fingerprint density at radius 1 is 1.24 bits per heavy atom. The van der Waals surface area contributed by atoms with Crippen LogP contribution in [0.25, 0.3) is 16.9 Å². The maximum Gasteiger partial charge on any atom is 0.260 e. The molecule has 0 saturated heterocycles. The quantitative estimate of drug-likeness (QED) is 0.294. The number of aliphatic hydroxyl groups is 1. The van der Waals surface area contributed by atoms with Crippen LogP contribution in [0, 0.1) is 23.2 Å². The van der Waals surface area contributed by atoms with Crippen LogP contribution in [0.4, 0.5) is 18.9 Å². The van der Waals surface area contributed by atoms with Gasteiger partial charge >= 0.3 is 0 Å². The summed E-state index contributed by atoms with van der Waals surface area (Å²) in [6, 6.07) is 8.93. The molecule has 2 amide bonds. The number of nitrogens with one attached hydrogen (secondary N) is 3. The van der Waals surface area contributed by atoms with E-state index in [0.29, 0.717) is 47.5 Å². The van der Waals surface area contributed by atoms with Crippen molar-refractivity contribution >= 4 is 23.0 Å². The van der Waals surface area contributed by atoms with Crippen molar-refractivity contribution in [2.45, 2.75) is 56.8 Å². The van der Waals surface area contributed by atoms with Crippen molar-refractivity contribution in [1.82, 2.24) is 25.2 Å². The maximum atomic E-state index is 14.3. The molecule has 5 rings (SSSR count). The molecule has 0 aliphatic heterocycles. The Morgan fingerprint density at radius 2 is 1.98 bits per heavy atom. The molecule has 0 unspecified atom stereocenters. The van der Waals surface area contributed by atoms with Crippen molar-refractivity contribution in [3.8, 4) is 17.5 Å². The molecule has 4 N–H and O–H groups in total. The van der Waals surface area contributed by atoms with Gasteiger partial charge in [-0.3, -0.25) is 14.6 Å². The molecule has 10 nitrogen and oxygen atoms in total. The van der Waals surface area contributed by atoms with Gasteiger partial charge in [0.05, 0.1) is 52.1 Å². The van der Waals surface area contributed by atoms with Gasteiger partial charge in [-0.05, 0) is 56.9 Å². The lowest BCUT2D eigenvalue weighted by Gasteiger charge is -2.37. The van der Waals surface area contributed by atoms with Crippen molar-refractivity contribution in [3.05, 3.63) is 47.8 Å². The molecule has 3 aromatic heterocycles. The number of pyridine rings is 1. The highest BCUT2D eigenvalue weighted by atomic mass is 19.3. The molecule has 2 aliphatic carbocycles. The van der Waals surface area contributed by atoms with Gasteiger partial charge < -0.3 is 21.1 Å². The summed E-state index contributed by atoms with van der Waals surface area (Å²) in [6.07, 6.45) is 1.98. The zero-order valence-electron chi connectivity index (χ0n) is 22.5. The number of hydrogen-bond acceptors (Lipinski definition) is 7. The van der Waals surface area contributed by atoms with Crippen LogP contribution in [0.2, 0.25) is 0 Å². The van der Waals surface area contributed by atoms with Crippen molar-refractivity contribution in [3.63, 3.8) is 0 Å². The Kier molecular flexibility index (Phi) is 7.37. The normalized spacial score (nSPS) is 21.8. The third kappa shape index (κ3) is 6.12.